The van der Waals surface area contributed by atoms with Crippen LogP contribution >= 0.6 is 0 Å². The highest BCUT2D eigenvalue weighted by Gasteiger charge is 2.35. The third kappa shape index (κ3) is 4.63. The van der Waals surface area contributed by atoms with Crippen LogP contribution in [0.2, 0.25) is 0 Å². The monoisotopic (exact) mass is 462 g/mol. The minimum Gasteiger partial charge on any atom is -0.495 e. The number of esters is 1. The average Bonchev–Trinajstić information content (AvgIpc) is 3.52. The molecule has 1 fully saturated rings. The van der Waals surface area contributed by atoms with E-state index in [0.717, 1.165) is 17.8 Å². The Kier molecular flexibility index (Phi) is 6.62. The van der Waals surface area contributed by atoms with Crippen LogP contribution in [0.4, 0.5) is 5.69 Å². The smallest absolute Gasteiger partial charge is 0.337 e. The van der Waals surface area contributed by atoms with Gasteiger partial charge >= 0.3 is 5.97 Å². The van der Waals surface area contributed by atoms with Crippen LogP contribution in [0.25, 0.3) is 5.69 Å². The first kappa shape index (κ1) is 23.0. The fourth-order valence-corrected chi connectivity index (χ4v) is 4.06. The zero-order chi connectivity index (χ0) is 24.2. The van der Waals surface area contributed by atoms with E-state index in [4.69, 9.17) is 4.74 Å². The average molecular weight is 463 g/mol. The van der Waals surface area contributed by atoms with Gasteiger partial charge in [-0.15, -0.1) is 0 Å². The first-order valence-corrected chi connectivity index (χ1v) is 10.9. The molecule has 2 aromatic carbocycles. The van der Waals surface area contributed by atoms with Gasteiger partial charge in [-0.05, 0) is 62.2 Å². The summed E-state index contributed by atoms with van der Waals surface area (Å²) < 4.78 is 12.0. The molecule has 0 saturated carbocycles. The van der Waals surface area contributed by atoms with Crippen LogP contribution in [0.5, 0.6) is 5.75 Å². The molecule has 1 saturated heterocycles. The maximum absolute atomic E-state index is 13.3. The van der Waals surface area contributed by atoms with Crippen molar-refractivity contribution >= 4 is 23.5 Å². The summed E-state index contributed by atoms with van der Waals surface area (Å²) in [5, 5.41) is 2.84. The number of hydrogen-bond acceptors (Lipinski definition) is 6. The molecule has 1 aliphatic heterocycles. The highest BCUT2D eigenvalue weighted by atomic mass is 16.5. The van der Waals surface area contributed by atoms with Crippen molar-refractivity contribution in [2.45, 2.75) is 25.8 Å². The number of imidazole rings is 1. The lowest BCUT2D eigenvalue weighted by atomic mass is 10.1. The van der Waals surface area contributed by atoms with Crippen molar-refractivity contribution < 1.29 is 23.9 Å². The summed E-state index contributed by atoms with van der Waals surface area (Å²) in [6.45, 7) is 2.38. The first-order valence-electron chi connectivity index (χ1n) is 10.9. The standard InChI is InChI=1S/C25H26N4O5/c1-16-14-28(15-26-16)20-11-8-18(13-22(20)33-2)24(31)29-12-4-5-21(29)23(30)27-19-9-6-17(7-10-19)25(32)34-3/h6-11,13-15,21H,4-5,12H2,1-3H3,(H,27,30)/t21-/m0/s1. The number of carbonyl (C=O) groups excluding carboxylic acids is 3. The third-order valence-electron chi connectivity index (χ3n) is 5.81. The molecule has 0 unspecified atom stereocenters. The maximum Gasteiger partial charge on any atom is 0.337 e. The molecule has 1 N–H and O–H groups in total. The van der Waals surface area contributed by atoms with E-state index in [9.17, 15) is 14.4 Å². The van der Waals surface area contributed by atoms with Crippen LogP contribution in [0.15, 0.2) is 55.0 Å². The van der Waals surface area contributed by atoms with E-state index in [1.165, 1.54) is 7.11 Å². The molecule has 0 spiro atoms. The van der Waals surface area contributed by atoms with Gasteiger partial charge in [-0.1, -0.05) is 0 Å². The predicted molar refractivity (Wildman–Crippen MR) is 125 cm³/mol. The molecule has 34 heavy (non-hydrogen) atoms. The number of rotatable bonds is 6. The minimum atomic E-state index is -0.588. The van der Waals surface area contributed by atoms with Crippen molar-refractivity contribution in [1.29, 1.82) is 0 Å². The number of anilines is 1. The second-order valence-corrected chi connectivity index (χ2v) is 8.02. The van der Waals surface area contributed by atoms with E-state index in [-0.39, 0.29) is 11.8 Å². The first-order chi connectivity index (χ1) is 16.4. The quantitative estimate of drug-likeness (QED) is 0.565. The lowest BCUT2D eigenvalue weighted by Crippen LogP contribution is -2.43. The van der Waals surface area contributed by atoms with Gasteiger partial charge in [0.15, 0.2) is 0 Å². The Hall–Kier alpha value is -4.14. The number of aromatic nitrogens is 2. The Bertz CT molecular complexity index is 1220. The van der Waals surface area contributed by atoms with Gasteiger partial charge in [0.1, 0.15) is 11.8 Å². The van der Waals surface area contributed by atoms with Crippen molar-refractivity contribution in [2.75, 3.05) is 26.1 Å². The molecular formula is C25H26N4O5. The van der Waals surface area contributed by atoms with Gasteiger partial charge in [-0.2, -0.15) is 0 Å². The van der Waals surface area contributed by atoms with Gasteiger partial charge in [0.05, 0.1) is 37.5 Å². The summed E-state index contributed by atoms with van der Waals surface area (Å²) >= 11 is 0. The van der Waals surface area contributed by atoms with Crippen LogP contribution in [-0.2, 0) is 9.53 Å². The third-order valence-corrected chi connectivity index (χ3v) is 5.81. The summed E-state index contributed by atoms with van der Waals surface area (Å²) in [4.78, 5) is 43.7. The second-order valence-electron chi connectivity index (χ2n) is 8.02. The Morgan fingerprint density at radius 3 is 2.44 bits per heavy atom. The number of nitrogens with one attached hydrogen (secondary N) is 1. The van der Waals surface area contributed by atoms with Gasteiger partial charge < -0.3 is 24.3 Å². The molecule has 0 bridgehead atoms. The molecule has 1 atom stereocenters. The normalized spacial score (nSPS) is 15.1. The van der Waals surface area contributed by atoms with Gasteiger partial charge in [-0.3, -0.25) is 9.59 Å². The van der Waals surface area contributed by atoms with Crippen LogP contribution in [0.1, 0.15) is 39.3 Å². The van der Waals surface area contributed by atoms with Gasteiger partial charge in [-0.25, -0.2) is 9.78 Å². The largest absolute Gasteiger partial charge is 0.495 e. The minimum absolute atomic E-state index is 0.231. The molecule has 1 aromatic heterocycles. The number of carbonyl (C=O) groups is 3. The van der Waals surface area contributed by atoms with Gasteiger partial charge in [0.2, 0.25) is 5.91 Å². The van der Waals surface area contributed by atoms with E-state index >= 15 is 0 Å². The number of hydrogen-bond donors (Lipinski definition) is 1. The number of nitrogens with zero attached hydrogens (tertiary/aromatic N) is 3. The summed E-state index contributed by atoms with van der Waals surface area (Å²) in [6, 6.07) is 11.1. The number of amides is 2. The zero-order valence-electron chi connectivity index (χ0n) is 19.3. The number of benzene rings is 2. The fourth-order valence-electron chi connectivity index (χ4n) is 4.06. The van der Waals surface area contributed by atoms with Crippen molar-refractivity contribution in [1.82, 2.24) is 14.5 Å². The lowest BCUT2D eigenvalue weighted by molar-refractivity contribution is -0.119. The molecule has 9 heteroatoms. The summed E-state index contributed by atoms with van der Waals surface area (Å²) in [5.74, 6) is -0.413. The molecule has 3 aromatic rings. The highest BCUT2D eigenvalue weighted by Crippen LogP contribution is 2.28. The van der Waals surface area contributed by atoms with Crippen LogP contribution in [0, 0.1) is 6.92 Å². The van der Waals surface area contributed by atoms with E-state index in [2.05, 4.69) is 15.0 Å². The molecule has 176 valence electrons. The van der Waals surface area contributed by atoms with E-state index in [1.807, 2.05) is 17.7 Å². The highest BCUT2D eigenvalue weighted by molar-refractivity contribution is 6.02. The van der Waals surface area contributed by atoms with Crippen molar-refractivity contribution in [3.05, 3.63) is 71.8 Å². The molecule has 2 amide bonds. The zero-order valence-corrected chi connectivity index (χ0v) is 19.3. The molecule has 2 heterocycles. The summed E-state index contributed by atoms with van der Waals surface area (Å²) in [7, 11) is 2.86. The number of methoxy groups -OCH3 is 2. The Balaban J connectivity index is 1.49. The topological polar surface area (TPSA) is 103 Å². The fraction of sp³-hybridized carbons (Fsp3) is 0.280. The van der Waals surface area contributed by atoms with Crippen LogP contribution in [-0.4, -0.2) is 59.0 Å². The van der Waals surface area contributed by atoms with Crippen LogP contribution < -0.4 is 10.1 Å². The van der Waals surface area contributed by atoms with Crippen molar-refractivity contribution in [3.63, 3.8) is 0 Å². The predicted octanol–water partition coefficient (Wildman–Crippen LogP) is 3.22. The van der Waals surface area contributed by atoms with Crippen molar-refractivity contribution in [2.24, 2.45) is 0 Å². The molecule has 0 aliphatic carbocycles. The number of likely N-dealkylation sites (tertiary alicyclic amines) is 1. The molecule has 4 rings (SSSR count). The SMILES string of the molecule is COC(=O)c1ccc(NC(=O)[C@@H]2CCCN2C(=O)c2ccc(-n3cnc(C)c3)c(OC)c2)cc1. The second kappa shape index (κ2) is 9.78. The Morgan fingerprint density at radius 1 is 1.06 bits per heavy atom. The Morgan fingerprint density at radius 2 is 1.79 bits per heavy atom. The van der Waals surface area contributed by atoms with Crippen LogP contribution in [0.3, 0.4) is 0 Å². The Labute approximate surface area is 197 Å². The van der Waals surface area contributed by atoms with E-state index in [0.29, 0.717) is 35.5 Å². The van der Waals surface area contributed by atoms with Crippen molar-refractivity contribution in [3.8, 4) is 11.4 Å². The molecular weight excluding hydrogens is 436 g/mol. The summed E-state index contributed by atoms with van der Waals surface area (Å²) in [5.41, 5.74) is 3.01. The number of ether oxygens (including phenoxy) is 2. The maximum atomic E-state index is 13.3. The molecule has 1 aliphatic rings. The number of aryl methyl sites for hydroxylation is 1. The van der Waals surface area contributed by atoms with E-state index < -0.39 is 12.0 Å². The summed E-state index contributed by atoms with van der Waals surface area (Å²) in [6.07, 6.45) is 4.86. The van der Waals surface area contributed by atoms with Gasteiger partial charge in [0.25, 0.3) is 5.91 Å². The van der Waals surface area contributed by atoms with E-state index in [1.54, 1.807) is 60.8 Å². The molecule has 0 radical (unpaired) electrons. The molecule has 9 nitrogen and oxygen atoms in total. The lowest BCUT2D eigenvalue weighted by Gasteiger charge is -2.24. The van der Waals surface area contributed by atoms with Gasteiger partial charge in [0, 0.05) is 24.0 Å².